The molecule has 0 radical (unpaired) electrons. The van der Waals surface area contributed by atoms with Crippen molar-refractivity contribution >= 4 is 27.6 Å². The van der Waals surface area contributed by atoms with Crippen molar-refractivity contribution in [3.05, 3.63) is 41.3 Å². The van der Waals surface area contributed by atoms with Crippen LogP contribution in [0.25, 0.3) is 0 Å². The molecule has 94 valence electrons. The monoisotopic (exact) mass is 283 g/mol. The maximum atomic E-state index is 11.7. The van der Waals surface area contributed by atoms with Gasteiger partial charge in [0.15, 0.2) is 11.5 Å². The Bertz CT molecular complexity index is 675. The summed E-state index contributed by atoms with van der Waals surface area (Å²) in [5, 5.41) is 20.0. The summed E-state index contributed by atoms with van der Waals surface area (Å²) in [6.45, 7) is 0. The molecule has 0 bridgehead atoms. The number of hydrogen-bond donors (Lipinski definition) is 2. The molecule has 0 amide bonds. The first-order chi connectivity index (χ1) is 8.49. The van der Waals surface area contributed by atoms with E-state index >= 15 is 0 Å². The van der Waals surface area contributed by atoms with E-state index in [1.165, 1.54) is 24.3 Å². The summed E-state index contributed by atoms with van der Waals surface area (Å²) in [6.07, 6.45) is 1.12. The van der Waals surface area contributed by atoms with Crippen LogP contribution in [-0.4, -0.2) is 24.8 Å². The lowest BCUT2D eigenvalue weighted by Gasteiger charge is -1.98. The van der Waals surface area contributed by atoms with Gasteiger partial charge in [-0.1, -0.05) is 6.07 Å². The SMILES string of the molecule is O=S(=O)(/N=C\c1ccc(O)c(O)c1)c1cccs1. The van der Waals surface area contributed by atoms with Gasteiger partial charge in [0.25, 0.3) is 10.0 Å². The smallest absolute Gasteiger partial charge is 0.291 e. The van der Waals surface area contributed by atoms with Gasteiger partial charge in [0, 0.05) is 6.21 Å². The van der Waals surface area contributed by atoms with Crippen molar-refractivity contribution in [1.82, 2.24) is 0 Å². The molecular formula is C11H9NO4S2. The molecule has 1 aromatic heterocycles. The molecule has 0 unspecified atom stereocenters. The van der Waals surface area contributed by atoms with Gasteiger partial charge >= 0.3 is 0 Å². The van der Waals surface area contributed by atoms with Crippen molar-refractivity contribution in [3.63, 3.8) is 0 Å². The van der Waals surface area contributed by atoms with Crippen molar-refractivity contribution in [2.75, 3.05) is 0 Å². The Labute approximate surface area is 108 Å². The number of sulfonamides is 1. The van der Waals surface area contributed by atoms with Crippen molar-refractivity contribution in [2.45, 2.75) is 4.21 Å². The van der Waals surface area contributed by atoms with Crippen molar-refractivity contribution in [1.29, 1.82) is 0 Å². The highest BCUT2D eigenvalue weighted by Gasteiger charge is 2.12. The number of benzene rings is 1. The fourth-order valence-corrected chi connectivity index (χ4v) is 3.06. The van der Waals surface area contributed by atoms with Crippen LogP contribution in [0.3, 0.4) is 0 Å². The molecule has 18 heavy (non-hydrogen) atoms. The molecule has 0 atom stereocenters. The number of thiophene rings is 1. The summed E-state index contributed by atoms with van der Waals surface area (Å²) < 4.78 is 27.1. The van der Waals surface area contributed by atoms with Crippen LogP contribution < -0.4 is 0 Å². The minimum absolute atomic E-state index is 0.154. The summed E-state index contributed by atoms with van der Waals surface area (Å²) in [5.41, 5.74) is 0.380. The summed E-state index contributed by atoms with van der Waals surface area (Å²) in [6, 6.07) is 7.02. The second kappa shape index (κ2) is 4.79. The molecule has 2 rings (SSSR count). The second-order valence-electron chi connectivity index (χ2n) is 3.39. The van der Waals surface area contributed by atoms with Gasteiger partial charge in [-0.15, -0.1) is 11.3 Å². The number of nitrogens with zero attached hydrogens (tertiary/aromatic N) is 1. The number of phenols is 2. The summed E-state index contributed by atoms with van der Waals surface area (Å²) in [5.74, 6) is -0.597. The highest BCUT2D eigenvalue weighted by Crippen LogP contribution is 2.24. The molecule has 0 aliphatic rings. The second-order valence-corrected chi connectivity index (χ2v) is 6.20. The average molecular weight is 283 g/mol. The fraction of sp³-hybridized carbons (Fsp3) is 0. The molecule has 1 heterocycles. The zero-order valence-corrected chi connectivity index (χ0v) is 10.6. The molecule has 0 saturated heterocycles. The molecule has 0 saturated carbocycles. The highest BCUT2D eigenvalue weighted by molar-refractivity contribution is 7.92. The number of phenolic OH excluding ortho intramolecular Hbond substituents is 2. The highest BCUT2D eigenvalue weighted by atomic mass is 32.2. The van der Waals surface area contributed by atoms with Crippen molar-refractivity contribution in [2.24, 2.45) is 4.40 Å². The lowest BCUT2D eigenvalue weighted by Crippen LogP contribution is -1.94. The third-order valence-corrected chi connectivity index (χ3v) is 4.70. The molecule has 5 nitrogen and oxygen atoms in total. The van der Waals surface area contributed by atoms with Gasteiger partial charge in [0.05, 0.1) is 0 Å². The van der Waals surface area contributed by atoms with Crippen molar-refractivity contribution in [3.8, 4) is 11.5 Å². The Morgan fingerprint density at radius 1 is 1.17 bits per heavy atom. The van der Waals surface area contributed by atoms with E-state index in [0.717, 1.165) is 17.6 Å². The van der Waals surface area contributed by atoms with Crippen LogP contribution in [0.5, 0.6) is 11.5 Å². The lowest BCUT2D eigenvalue weighted by atomic mass is 10.2. The fourth-order valence-electron chi connectivity index (χ4n) is 1.21. The quantitative estimate of drug-likeness (QED) is 0.666. The van der Waals surface area contributed by atoms with Gasteiger partial charge in [-0.05, 0) is 35.2 Å². The predicted octanol–water partition coefficient (Wildman–Crippen LogP) is 1.97. The molecule has 2 N–H and O–H groups in total. The zero-order valence-electron chi connectivity index (χ0n) is 9.02. The van der Waals surface area contributed by atoms with E-state index in [1.807, 2.05) is 0 Å². The third-order valence-electron chi connectivity index (χ3n) is 2.09. The van der Waals surface area contributed by atoms with Crippen LogP contribution in [0.2, 0.25) is 0 Å². The standard InChI is InChI=1S/C11H9NO4S2/c13-9-4-3-8(6-10(9)14)7-12-18(15,16)11-2-1-5-17-11/h1-7,13-14H/b12-7-. The molecule has 0 aliphatic carbocycles. The Kier molecular flexibility index (Phi) is 3.35. The summed E-state index contributed by atoms with van der Waals surface area (Å²) in [7, 11) is -3.69. The van der Waals surface area contributed by atoms with Crippen LogP contribution in [-0.2, 0) is 10.0 Å². The van der Waals surface area contributed by atoms with E-state index in [4.69, 9.17) is 5.11 Å². The summed E-state index contributed by atoms with van der Waals surface area (Å²) >= 11 is 1.08. The van der Waals surface area contributed by atoms with Gasteiger partial charge in [-0.2, -0.15) is 12.8 Å². The van der Waals surface area contributed by atoms with Crippen LogP contribution in [0.4, 0.5) is 0 Å². The number of rotatable bonds is 3. The molecular weight excluding hydrogens is 274 g/mol. The Balaban J connectivity index is 2.28. The molecule has 0 aliphatic heterocycles. The van der Waals surface area contributed by atoms with Crippen LogP contribution in [0, 0.1) is 0 Å². The molecule has 0 fully saturated rings. The first-order valence-corrected chi connectivity index (χ1v) is 7.17. The van der Waals surface area contributed by atoms with Crippen LogP contribution in [0.15, 0.2) is 44.3 Å². The maximum absolute atomic E-state index is 11.7. The Hall–Kier alpha value is -1.86. The summed E-state index contributed by atoms with van der Waals surface area (Å²) in [4.78, 5) is 0. The minimum Gasteiger partial charge on any atom is -0.504 e. The molecule has 1 aromatic carbocycles. The van der Waals surface area contributed by atoms with Crippen LogP contribution in [0.1, 0.15) is 5.56 Å². The first kappa shape index (κ1) is 12.6. The van der Waals surface area contributed by atoms with E-state index in [-0.39, 0.29) is 15.7 Å². The Morgan fingerprint density at radius 2 is 1.94 bits per heavy atom. The minimum atomic E-state index is -3.69. The van der Waals surface area contributed by atoms with Gasteiger partial charge in [0.1, 0.15) is 4.21 Å². The van der Waals surface area contributed by atoms with E-state index in [1.54, 1.807) is 11.4 Å². The third kappa shape index (κ3) is 2.69. The first-order valence-electron chi connectivity index (χ1n) is 4.85. The topological polar surface area (TPSA) is 87.0 Å². The van der Waals surface area contributed by atoms with E-state index in [2.05, 4.69) is 4.40 Å². The average Bonchev–Trinajstić information content (AvgIpc) is 2.85. The molecule has 2 aromatic rings. The maximum Gasteiger partial charge on any atom is 0.291 e. The van der Waals surface area contributed by atoms with E-state index < -0.39 is 10.0 Å². The lowest BCUT2D eigenvalue weighted by molar-refractivity contribution is 0.403. The van der Waals surface area contributed by atoms with E-state index in [0.29, 0.717) is 5.56 Å². The molecule has 0 spiro atoms. The van der Waals surface area contributed by atoms with Gasteiger partial charge in [-0.25, -0.2) is 0 Å². The number of hydrogen-bond acceptors (Lipinski definition) is 5. The Morgan fingerprint density at radius 3 is 2.56 bits per heavy atom. The normalized spacial score (nSPS) is 12.0. The van der Waals surface area contributed by atoms with Gasteiger partial charge < -0.3 is 10.2 Å². The van der Waals surface area contributed by atoms with Crippen molar-refractivity contribution < 1.29 is 18.6 Å². The van der Waals surface area contributed by atoms with Crippen LogP contribution >= 0.6 is 11.3 Å². The van der Waals surface area contributed by atoms with E-state index in [9.17, 15) is 13.5 Å². The zero-order chi connectivity index (χ0) is 13.2. The number of aromatic hydroxyl groups is 2. The van der Waals surface area contributed by atoms with Gasteiger partial charge in [-0.3, -0.25) is 0 Å². The van der Waals surface area contributed by atoms with Gasteiger partial charge in [0.2, 0.25) is 0 Å². The molecule has 7 heteroatoms. The predicted molar refractivity (Wildman–Crippen MR) is 68.9 cm³/mol. The largest absolute Gasteiger partial charge is 0.504 e.